The molecule has 0 radical (unpaired) electrons. The number of nitrogens with zero attached hydrogens (tertiary/aromatic N) is 2. The summed E-state index contributed by atoms with van der Waals surface area (Å²) < 4.78 is 39.1. The molecule has 6 aromatic carbocycles. The first-order valence-electron chi connectivity index (χ1n) is 16.7. The summed E-state index contributed by atoms with van der Waals surface area (Å²) in [5, 5.41) is 0. The van der Waals surface area contributed by atoms with Crippen LogP contribution in [0.3, 0.4) is 0 Å². The number of imidazole rings is 2. The molecule has 0 spiro atoms. The van der Waals surface area contributed by atoms with Gasteiger partial charge in [0.25, 0.3) is 10.1 Å². The van der Waals surface area contributed by atoms with Crippen molar-refractivity contribution < 1.29 is 27.3 Å². The standard InChI is InChI=1S/C42H30N4O6S/c47-38(28-6-2-1-3-7-28)24-26-10-20-34-36(22-26)45-41(43-34)29-12-16-31(17-13-29)52-32-18-14-30(15-19-32)42-44-35-21-11-27(23-37(35)46-42)25-39(48)33-8-4-5-9-40(33)53(49,50)51/h1-23H,24-25H2,(H,43,45)(H,44,46)(H,49,50,51). The van der Waals surface area contributed by atoms with Crippen molar-refractivity contribution in [3.8, 4) is 34.3 Å². The highest BCUT2D eigenvalue weighted by atomic mass is 32.2. The number of carbonyl (C=O) groups excluding carboxylic acids is 2. The molecule has 53 heavy (non-hydrogen) atoms. The number of fused-ring (bicyclic) bond motifs is 2. The fourth-order valence-corrected chi connectivity index (χ4v) is 6.93. The van der Waals surface area contributed by atoms with Gasteiger partial charge in [-0.25, -0.2) is 9.97 Å². The molecule has 3 N–H and O–H groups in total. The number of carbonyl (C=O) groups is 2. The zero-order chi connectivity index (χ0) is 36.5. The summed E-state index contributed by atoms with van der Waals surface area (Å²) in [6, 6.07) is 41.2. The van der Waals surface area contributed by atoms with Gasteiger partial charge in [-0.05, 0) is 96.1 Å². The minimum absolute atomic E-state index is 0.0539. The largest absolute Gasteiger partial charge is 0.457 e. The summed E-state index contributed by atoms with van der Waals surface area (Å²) in [4.78, 5) is 41.3. The first kappa shape index (κ1) is 33.5. The van der Waals surface area contributed by atoms with Crippen LogP contribution in [0.5, 0.6) is 11.5 Å². The summed E-state index contributed by atoms with van der Waals surface area (Å²) in [7, 11) is -4.54. The zero-order valence-corrected chi connectivity index (χ0v) is 28.8. The molecule has 0 unspecified atom stereocenters. The van der Waals surface area contributed by atoms with Crippen LogP contribution in [0.15, 0.2) is 144 Å². The first-order valence-corrected chi connectivity index (χ1v) is 18.1. The molecule has 0 saturated heterocycles. The Kier molecular flexibility index (Phi) is 8.71. The van der Waals surface area contributed by atoms with E-state index in [4.69, 9.17) is 9.72 Å². The Morgan fingerprint density at radius 3 is 1.60 bits per heavy atom. The first-order chi connectivity index (χ1) is 25.7. The van der Waals surface area contributed by atoms with Crippen molar-refractivity contribution in [2.45, 2.75) is 17.7 Å². The van der Waals surface area contributed by atoms with Crippen LogP contribution in [0.1, 0.15) is 31.8 Å². The maximum absolute atomic E-state index is 13.0. The highest BCUT2D eigenvalue weighted by Gasteiger charge is 2.20. The average Bonchev–Trinajstić information content (AvgIpc) is 3.80. The number of H-pyrrole nitrogens is 2. The van der Waals surface area contributed by atoms with E-state index in [9.17, 15) is 22.6 Å². The van der Waals surface area contributed by atoms with Gasteiger partial charge in [-0.3, -0.25) is 14.1 Å². The third-order valence-corrected chi connectivity index (χ3v) is 9.79. The van der Waals surface area contributed by atoms with Gasteiger partial charge in [-0.2, -0.15) is 8.42 Å². The number of ketones is 2. The Morgan fingerprint density at radius 1 is 0.585 bits per heavy atom. The van der Waals surface area contributed by atoms with Crippen LogP contribution in [0.25, 0.3) is 44.8 Å². The van der Waals surface area contributed by atoms with Gasteiger partial charge in [0, 0.05) is 35.1 Å². The molecule has 8 rings (SSSR count). The molecule has 0 fully saturated rings. The van der Waals surface area contributed by atoms with E-state index in [1.54, 1.807) is 24.3 Å². The van der Waals surface area contributed by atoms with Crippen molar-refractivity contribution in [1.29, 1.82) is 0 Å². The lowest BCUT2D eigenvalue weighted by Gasteiger charge is -2.07. The number of nitrogens with one attached hydrogen (secondary N) is 2. The van der Waals surface area contributed by atoms with Crippen molar-refractivity contribution in [1.82, 2.24) is 19.9 Å². The van der Waals surface area contributed by atoms with E-state index in [0.717, 1.165) is 39.1 Å². The van der Waals surface area contributed by atoms with Gasteiger partial charge >= 0.3 is 0 Å². The van der Waals surface area contributed by atoms with Crippen molar-refractivity contribution >= 4 is 43.8 Å². The molecule has 8 aromatic rings. The third-order valence-electron chi connectivity index (χ3n) is 8.87. The highest BCUT2D eigenvalue weighted by Crippen LogP contribution is 2.29. The van der Waals surface area contributed by atoms with Crippen molar-refractivity contribution in [3.63, 3.8) is 0 Å². The van der Waals surface area contributed by atoms with E-state index in [0.29, 0.717) is 40.4 Å². The van der Waals surface area contributed by atoms with E-state index in [1.165, 1.54) is 18.2 Å². The van der Waals surface area contributed by atoms with Crippen LogP contribution in [-0.4, -0.2) is 44.5 Å². The molecule has 10 nitrogen and oxygen atoms in total. The molecular formula is C42H30N4O6S. The Bertz CT molecular complexity index is 2760. The third kappa shape index (κ3) is 7.24. The average molecular weight is 719 g/mol. The monoisotopic (exact) mass is 718 g/mol. The molecule has 0 saturated carbocycles. The molecule has 260 valence electrons. The van der Waals surface area contributed by atoms with Gasteiger partial charge in [0.05, 0.1) is 22.1 Å². The van der Waals surface area contributed by atoms with Crippen molar-refractivity contribution in [2.75, 3.05) is 0 Å². The fraction of sp³-hybridized carbons (Fsp3) is 0.0476. The number of aromatic nitrogens is 4. The van der Waals surface area contributed by atoms with Crippen LogP contribution in [0.4, 0.5) is 0 Å². The van der Waals surface area contributed by atoms with Gasteiger partial charge < -0.3 is 14.7 Å². The smallest absolute Gasteiger partial charge is 0.295 e. The lowest BCUT2D eigenvalue weighted by atomic mass is 10.0. The molecule has 0 aliphatic rings. The maximum atomic E-state index is 13.0. The minimum atomic E-state index is -4.54. The molecule has 0 atom stereocenters. The van der Waals surface area contributed by atoms with E-state index >= 15 is 0 Å². The molecule has 0 bridgehead atoms. The number of rotatable bonds is 11. The van der Waals surface area contributed by atoms with Crippen LogP contribution in [0.2, 0.25) is 0 Å². The molecule has 2 aromatic heterocycles. The predicted molar refractivity (Wildman–Crippen MR) is 202 cm³/mol. The molecule has 0 aliphatic carbocycles. The van der Waals surface area contributed by atoms with E-state index in [2.05, 4.69) is 15.0 Å². The normalized spacial score (nSPS) is 11.6. The second kappa shape index (κ2) is 13.8. The summed E-state index contributed by atoms with van der Waals surface area (Å²) >= 11 is 0. The van der Waals surface area contributed by atoms with Gasteiger partial charge in [0.2, 0.25) is 0 Å². The fourth-order valence-electron chi connectivity index (χ4n) is 6.22. The summed E-state index contributed by atoms with van der Waals surface area (Å²) in [5.74, 6) is 2.29. The van der Waals surface area contributed by atoms with Gasteiger partial charge in [-0.15, -0.1) is 0 Å². The Hall–Kier alpha value is -6.69. The number of benzene rings is 6. The van der Waals surface area contributed by atoms with Crippen LogP contribution in [-0.2, 0) is 23.0 Å². The summed E-state index contributed by atoms with van der Waals surface area (Å²) in [6.45, 7) is 0. The molecule has 2 heterocycles. The number of aromatic amines is 2. The van der Waals surface area contributed by atoms with Crippen molar-refractivity contribution in [3.05, 3.63) is 162 Å². The Labute approximate surface area is 303 Å². The molecule has 0 amide bonds. The topological polar surface area (TPSA) is 155 Å². The lowest BCUT2D eigenvalue weighted by molar-refractivity contribution is 0.0983. The van der Waals surface area contributed by atoms with E-state index < -0.39 is 20.8 Å². The van der Waals surface area contributed by atoms with Crippen LogP contribution >= 0.6 is 0 Å². The second-order valence-corrected chi connectivity index (χ2v) is 14.0. The SMILES string of the molecule is O=C(Cc1ccc2nc(-c3ccc(Oc4ccc(-c5nc6ccc(CC(=O)c7ccccc7S(=O)(=O)O)cc6[nH]5)cc4)cc3)[nH]c2c1)c1ccccc1. The quantitative estimate of drug-likeness (QED) is 0.0887. The minimum Gasteiger partial charge on any atom is -0.457 e. The van der Waals surface area contributed by atoms with Gasteiger partial charge in [0.15, 0.2) is 11.6 Å². The van der Waals surface area contributed by atoms with E-state index in [1.807, 2.05) is 97.1 Å². The second-order valence-electron chi connectivity index (χ2n) is 12.6. The maximum Gasteiger partial charge on any atom is 0.295 e. The Morgan fingerprint density at radius 2 is 1.08 bits per heavy atom. The van der Waals surface area contributed by atoms with Crippen LogP contribution < -0.4 is 4.74 Å². The van der Waals surface area contributed by atoms with E-state index in [-0.39, 0.29) is 17.8 Å². The number of hydrogen-bond donors (Lipinski definition) is 3. The number of hydrogen-bond acceptors (Lipinski definition) is 7. The number of ether oxygens (including phenoxy) is 1. The predicted octanol–water partition coefficient (Wildman–Crippen LogP) is 8.66. The number of Topliss-reactive ketones (excluding diaryl/α,β-unsaturated/α-hetero) is 2. The highest BCUT2D eigenvalue weighted by molar-refractivity contribution is 7.86. The molecular weight excluding hydrogens is 689 g/mol. The molecule has 11 heteroatoms. The Balaban J connectivity index is 0.919. The lowest BCUT2D eigenvalue weighted by Crippen LogP contribution is -2.10. The summed E-state index contributed by atoms with van der Waals surface area (Å²) in [6.07, 6.45) is 0.257. The van der Waals surface area contributed by atoms with Crippen molar-refractivity contribution in [2.24, 2.45) is 0 Å². The molecule has 0 aliphatic heterocycles. The van der Waals surface area contributed by atoms with Gasteiger partial charge in [0.1, 0.15) is 28.0 Å². The summed E-state index contributed by atoms with van der Waals surface area (Å²) in [5.41, 5.74) is 7.04. The zero-order valence-electron chi connectivity index (χ0n) is 28.0. The van der Waals surface area contributed by atoms with Crippen LogP contribution in [0, 0.1) is 0 Å². The van der Waals surface area contributed by atoms with Gasteiger partial charge in [-0.1, -0.05) is 54.6 Å².